The first-order valence-electron chi connectivity index (χ1n) is 22.4. The number of hydrogen-bond donors (Lipinski definition) is 0. The Kier molecular flexibility index (Phi) is 7.53. The second kappa shape index (κ2) is 13.6. The van der Waals surface area contributed by atoms with Crippen LogP contribution in [0.1, 0.15) is 44.5 Å². The Morgan fingerprint density at radius 2 is 0.708 bits per heavy atom. The predicted molar refractivity (Wildman–Crippen MR) is 261 cm³/mol. The minimum Gasteiger partial charge on any atom is -0.457 e. The van der Waals surface area contributed by atoms with Gasteiger partial charge in [-0.1, -0.05) is 176 Å². The minimum absolute atomic E-state index is 0.505. The van der Waals surface area contributed by atoms with Gasteiger partial charge in [0.05, 0.1) is 16.5 Å². The van der Waals surface area contributed by atoms with Crippen molar-refractivity contribution in [1.29, 1.82) is 0 Å². The molecule has 304 valence electrons. The van der Waals surface area contributed by atoms with Crippen LogP contribution in [0, 0.1) is 0 Å². The third-order valence-electron chi connectivity index (χ3n) is 14.4. The number of hydrogen-bond acceptors (Lipinski definition) is 3. The van der Waals surface area contributed by atoms with E-state index in [4.69, 9.17) is 9.47 Å². The fourth-order valence-corrected chi connectivity index (χ4v) is 11.9. The van der Waals surface area contributed by atoms with Crippen molar-refractivity contribution in [2.24, 2.45) is 0 Å². The van der Waals surface area contributed by atoms with Crippen molar-refractivity contribution >= 4 is 17.1 Å². The Morgan fingerprint density at radius 3 is 1.32 bits per heavy atom. The number of anilines is 3. The van der Waals surface area contributed by atoms with Crippen LogP contribution < -0.4 is 14.4 Å². The maximum atomic E-state index is 6.66. The van der Waals surface area contributed by atoms with Gasteiger partial charge in [0.2, 0.25) is 0 Å². The van der Waals surface area contributed by atoms with Crippen LogP contribution in [0.3, 0.4) is 0 Å². The van der Waals surface area contributed by atoms with Crippen LogP contribution >= 0.6 is 0 Å². The lowest BCUT2D eigenvalue weighted by atomic mass is 9.66. The van der Waals surface area contributed by atoms with Gasteiger partial charge in [0, 0.05) is 39.2 Å². The molecule has 0 atom stereocenters. The Balaban J connectivity index is 0.968. The normalized spacial score (nSPS) is 14.3. The Bertz CT molecular complexity index is 3500. The second-order valence-corrected chi connectivity index (χ2v) is 17.5. The number of rotatable bonds is 4. The number of para-hydroxylation sites is 5. The minimum atomic E-state index is -0.568. The first kappa shape index (κ1) is 36.1. The third-order valence-corrected chi connectivity index (χ3v) is 14.4. The molecule has 0 radical (unpaired) electrons. The predicted octanol–water partition coefficient (Wildman–Crippen LogP) is 15.8. The fraction of sp³-hybridized carbons (Fsp3) is 0.0323. The molecule has 14 rings (SSSR count). The van der Waals surface area contributed by atoms with E-state index in [9.17, 15) is 0 Å². The SMILES string of the molecule is c1ccc(N(c2cccc(-c3ccc4c(c3)-c3ccccc3C43c4ccccc4Oc4ccccc43)c2)c2cccc3c2-c2ccccc2C32c3ccccc3Oc3ccccc32)cc1. The molecule has 65 heavy (non-hydrogen) atoms. The molecule has 4 aliphatic rings. The van der Waals surface area contributed by atoms with Gasteiger partial charge in [-0.25, -0.2) is 0 Å². The topological polar surface area (TPSA) is 21.7 Å². The zero-order valence-electron chi connectivity index (χ0n) is 35.3. The van der Waals surface area contributed by atoms with E-state index in [1.807, 2.05) is 0 Å². The third kappa shape index (κ3) is 4.79. The lowest BCUT2D eigenvalue weighted by molar-refractivity contribution is 0.436. The average molecular weight is 830 g/mol. The van der Waals surface area contributed by atoms with Crippen molar-refractivity contribution in [2.45, 2.75) is 10.8 Å². The van der Waals surface area contributed by atoms with Gasteiger partial charge >= 0.3 is 0 Å². The summed E-state index contributed by atoms with van der Waals surface area (Å²) in [6.45, 7) is 0. The summed E-state index contributed by atoms with van der Waals surface area (Å²) in [6, 6.07) is 86.0. The molecule has 10 aromatic rings. The molecule has 0 saturated carbocycles. The van der Waals surface area contributed by atoms with Crippen LogP contribution in [0.5, 0.6) is 23.0 Å². The van der Waals surface area contributed by atoms with Crippen molar-refractivity contribution in [3.8, 4) is 56.4 Å². The van der Waals surface area contributed by atoms with Gasteiger partial charge in [-0.05, 0) is 111 Å². The monoisotopic (exact) mass is 829 g/mol. The molecule has 0 fully saturated rings. The average Bonchev–Trinajstić information content (AvgIpc) is 3.83. The van der Waals surface area contributed by atoms with E-state index in [1.54, 1.807) is 0 Å². The van der Waals surface area contributed by atoms with Crippen molar-refractivity contribution in [3.63, 3.8) is 0 Å². The Morgan fingerprint density at radius 1 is 0.277 bits per heavy atom. The summed E-state index contributed by atoms with van der Waals surface area (Å²) in [4.78, 5) is 2.45. The van der Waals surface area contributed by atoms with E-state index in [2.05, 4.69) is 241 Å². The molecule has 3 nitrogen and oxygen atoms in total. The summed E-state index contributed by atoms with van der Waals surface area (Å²) in [7, 11) is 0. The molecule has 0 bridgehead atoms. The second-order valence-electron chi connectivity index (χ2n) is 17.5. The molecule has 0 amide bonds. The molecule has 2 aliphatic carbocycles. The van der Waals surface area contributed by atoms with E-state index < -0.39 is 10.8 Å². The first-order valence-corrected chi connectivity index (χ1v) is 22.4. The summed E-state index contributed by atoms with van der Waals surface area (Å²) in [5.41, 5.74) is 19.2. The maximum Gasteiger partial charge on any atom is 0.132 e. The van der Waals surface area contributed by atoms with Crippen LogP contribution in [0.4, 0.5) is 17.1 Å². The standard InChI is InChI=1S/C62H39NO2/c1-2-19-42(20-3-1)63(55-31-17-30-54-60(55)45-23-5-7-25-48(45)62(54)52-28-10-14-34-58(52)65-59-35-15-11-29-53(59)62)43-21-16-18-40(38-43)41-36-37-49-46(39-41)44-22-4-6-24-47(44)61(49)50-26-8-12-32-56(50)64-57-33-13-9-27-51(57)61/h1-39H. The van der Waals surface area contributed by atoms with Crippen molar-refractivity contribution in [2.75, 3.05) is 4.90 Å². The highest BCUT2D eigenvalue weighted by atomic mass is 16.5. The van der Waals surface area contributed by atoms with E-state index in [0.29, 0.717) is 0 Å². The zero-order chi connectivity index (χ0) is 42.7. The number of ether oxygens (including phenoxy) is 2. The number of fused-ring (bicyclic) bond motifs is 18. The molecule has 2 spiro atoms. The van der Waals surface area contributed by atoms with E-state index in [1.165, 1.54) is 55.6 Å². The van der Waals surface area contributed by atoms with Gasteiger partial charge in [-0.2, -0.15) is 0 Å². The summed E-state index contributed by atoms with van der Waals surface area (Å²) >= 11 is 0. The van der Waals surface area contributed by atoms with Gasteiger partial charge in [0.25, 0.3) is 0 Å². The Hall–Kier alpha value is -8.40. The van der Waals surface area contributed by atoms with Gasteiger partial charge < -0.3 is 14.4 Å². The maximum absolute atomic E-state index is 6.66. The summed E-state index contributed by atoms with van der Waals surface area (Å²) in [5, 5.41) is 0. The van der Waals surface area contributed by atoms with Crippen molar-refractivity contribution in [1.82, 2.24) is 0 Å². The molecule has 2 aliphatic heterocycles. The molecule has 0 N–H and O–H groups in total. The van der Waals surface area contributed by atoms with Crippen LogP contribution in [0.15, 0.2) is 237 Å². The Labute approximate surface area is 378 Å². The van der Waals surface area contributed by atoms with Crippen LogP contribution in [-0.2, 0) is 10.8 Å². The smallest absolute Gasteiger partial charge is 0.132 e. The van der Waals surface area contributed by atoms with Crippen LogP contribution in [0.25, 0.3) is 33.4 Å². The van der Waals surface area contributed by atoms with Gasteiger partial charge in [0.15, 0.2) is 0 Å². The van der Waals surface area contributed by atoms with E-state index >= 15 is 0 Å². The van der Waals surface area contributed by atoms with Gasteiger partial charge in [-0.15, -0.1) is 0 Å². The molecule has 0 unspecified atom stereocenters. The molecule has 10 aromatic carbocycles. The molecular formula is C62H39NO2. The molecule has 0 aromatic heterocycles. The molecule has 2 heterocycles. The van der Waals surface area contributed by atoms with Crippen molar-refractivity contribution < 1.29 is 9.47 Å². The highest BCUT2D eigenvalue weighted by Crippen LogP contribution is 2.65. The summed E-state index contributed by atoms with van der Waals surface area (Å²) < 4.78 is 13.3. The number of nitrogens with zero attached hydrogens (tertiary/aromatic N) is 1. The van der Waals surface area contributed by atoms with E-state index in [-0.39, 0.29) is 0 Å². The fourth-order valence-electron chi connectivity index (χ4n) is 11.9. The first-order chi connectivity index (χ1) is 32.2. The molecule has 0 saturated heterocycles. The molecular weight excluding hydrogens is 791 g/mol. The van der Waals surface area contributed by atoms with E-state index in [0.717, 1.165) is 62.3 Å². The lowest BCUT2D eigenvalue weighted by Crippen LogP contribution is -2.32. The zero-order valence-corrected chi connectivity index (χ0v) is 35.3. The number of benzene rings is 10. The van der Waals surface area contributed by atoms with Crippen LogP contribution in [-0.4, -0.2) is 0 Å². The largest absolute Gasteiger partial charge is 0.457 e. The summed E-state index contributed by atoms with van der Waals surface area (Å²) in [6.07, 6.45) is 0. The van der Waals surface area contributed by atoms with Gasteiger partial charge in [-0.3, -0.25) is 0 Å². The highest BCUT2D eigenvalue weighted by Gasteiger charge is 2.53. The molecule has 3 heteroatoms. The quantitative estimate of drug-likeness (QED) is 0.176. The van der Waals surface area contributed by atoms with Gasteiger partial charge in [0.1, 0.15) is 23.0 Å². The van der Waals surface area contributed by atoms with Crippen molar-refractivity contribution in [3.05, 3.63) is 281 Å². The summed E-state index contributed by atoms with van der Waals surface area (Å²) in [5.74, 6) is 3.58. The highest BCUT2D eigenvalue weighted by molar-refractivity contribution is 5.99. The lowest BCUT2D eigenvalue weighted by Gasteiger charge is -2.39. The van der Waals surface area contributed by atoms with Crippen LogP contribution in [0.2, 0.25) is 0 Å².